The topological polar surface area (TPSA) is 17.4 Å². The summed E-state index contributed by atoms with van der Waals surface area (Å²) in [5, 5.41) is 2.66. The van der Waals surface area contributed by atoms with Crippen molar-refractivity contribution >= 4 is 44.2 Å². The van der Waals surface area contributed by atoms with Crippen molar-refractivity contribution in [3.8, 4) is 16.8 Å². The van der Waals surface area contributed by atoms with Gasteiger partial charge in [-0.3, -0.25) is 0 Å². The Balaban J connectivity index is 0.810. The lowest BCUT2D eigenvalue weighted by atomic mass is 9.69. The zero-order valence-electron chi connectivity index (χ0n) is 51.6. The minimum Gasteiger partial charge on any atom is -0.498 e. The molecule has 1 aromatic heterocycles. The van der Waals surface area contributed by atoms with Gasteiger partial charge in [0.2, 0.25) is 0 Å². The fourth-order valence-electron chi connectivity index (χ4n) is 15.3. The number of nitrogens with zero attached hydrogens (tertiary/aromatic N) is 2. The monoisotopic (exact) mass is 1130 g/mol. The highest BCUT2D eigenvalue weighted by Gasteiger charge is 2.44. The number of fused-ring (bicyclic) bond motifs is 6. The Hall–Kier alpha value is -7.88. The molecule has 1 heterocycles. The van der Waals surface area contributed by atoms with E-state index in [4.69, 9.17) is 4.74 Å². The van der Waals surface area contributed by atoms with Crippen LogP contribution in [0.4, 0.5) is 5.69 Å². The molecule has 436 valence electrons. The Morgan fingerprint density at radius 2 is 1.21 bits per heavy atom. The Morgan fingerprint density at radius 1 is 0.547 bits per heavy atom. The SMILES string of the molecule is C=CC1=CC=C(OCCCCCCCCC2(c3ccccc3)c3ccccc3-c3ccc(N(C4=CCCCC4)C4=CC=C(c5ccc6c(c5)c5cc(C7=CCC(C(C)(C)C)CC7)ccc5n6-c5ccc(C6=CC=C(C=C)CC6)cc5)CC4)cc32)CC1. The van der Waals surface area contributed by atoms with Gasteiger partial charge in [0.1, 0.15) is 0 Å². The fourth-order valence-corrected chi connectivity index (χ4v) is 15.3. The summed E-state index contributed by atoms with van der Waals surface area (Å²) in [6.45, 7) is 16.0. The van der Waals surface area contributed by atoms with Gasteiger partial charge in [0.05, 0.1) is 23.4 Å². The van der Waals surface area contributed by atoms with E-state index in [-0.39, 0.29) is 5.41 Å². The van der Waals surface area contributed by atoms with Crippen LogP contribution in [0.25, 0.3) is 55.3 Å². The summed E-state index contributed by atoms with van der Waals surface area (Å²) in [5.41, 5.74) is 26.0. The van der Waals surface area contributed by atoms with Crippen molar-refractivity contribution in [1.82, 2.24) is 4.57 Å². The predicted molar refractivity (Wildman–Crippen MR) is 367 cm³/mol. The highest BCUT2D eigenvalue weighted by atomic mass is 16.5. The van der Waals surface area contributed by atoms with Gasteiger partial charge in [-0.2, -0.15) is 0 Å². The molecule has 0 amide bonds. The molecule has 86 heavy (non-hydrogen) atoms. The fraction of sp³-hybridized carbons (Fsp3) is 0.325. The van der Waals surface area contributed by atoms with E-state index in [9.17, 15) is 0 Å². The van der Waals surface area contributed by atoms with Crippen LogP contribution < -0.4 is 4.90 Å². The van der Waals surface area contributed by atoms with E-state index in [1.165, 1.54) is 168 Å². The molecule has 0 N–H and O–H groups in total. The van der Waals surface area contributed by atoms with Crippen molar-refractivity contribution in [1.29, 1.82) is 0 Å². The average molecular weight is 1130 g/mol. The Labute approximate surface area is 514 Å². The van der Waals surface area contributed by atoms with Crippen molar-refractivity contribution < 1.29 is 4.74 Å². The number of allylic oxidation sites excluding steroid dienone is 18. The largest absolute Gasteiger partial charge is 0.498 e. The first-order valence-corrected chi connectivity index (χ1v) is 32.9. The predicted octanol–water partition coefficient (Wildman–Crippen LogP) is 23.2. The molecule has 13 rings (SSSR count). The molecule has 6 aliphatic rings. The van der Waals surface area contributed by atoms with E-state index in [0.29, 0.717) is 5.41 Å². The normalized spacial score (nSPS) is 19.5. The summed E-state index contributed by atoms with van der Waals surface area (Å²) in [5.74, 6) is 1.84. The summed E-state index contributed by atoms with van der Waals surface area (Å²) in [6.07, 6.45) is 45.4. The molecule has 2 atom stereocenters. The smallest absolute Gasteiger partial charge is 0.0963 e. The molecule has 2 unspecified atom stereocenters. The van der Waals surface area contributed by atoms with Gasteiger partial charge in [0.15, 0.2) is 0 Å². The van der Waals surface area contributed by atoms with E-state index in [1.54, 1.807) is 0 Å². The summed E-state index contributed by atoms with van der Waals surface area (Å²) in [4.78, 5) is 2.68. The number of hydrogen-bond donors (Lipinski definition) is 0. The summed E-state index contributed by atoms with van der Waals surface area (Å²) >= 11 is 0. The first-order chi connectivity index (χ1) is 42.2. The van der Waals surface area contributed by atoms with E-state index in [0.717, 1.165) is 95.3 Å². The van der Waals surface area contributed by atoms with E-state index in [2.05, 4.69) is 225 Å². The molecule has 0 saturated heterocycles. The lowest BCUT2D eigenvalue weighted by Crippen LogP contribution is -2.28. The van der Waals surface area contributed by atoms with E-state index >= 15 is 0 Å². The molecule has 3 heteroatoms. The van der Waals surface area contributed by atoms with Crippen molar-refractivity contribution in [2.24, 2.45) is 11.3 Å². The molecule has 0 spiro atoms. The lowest BCUT2D eigenvalue weighted by Gasteiger charge is -2.36. The third-order valence-corrected chi connectivity index (χ3v) is 20.4. The maximum absolute atomic E-state index is 6.17. The second kappa shape index (κ2) is 25.2. The minimum absolute atomic E-state index is 0.235. The molecule has 6 aromatic carbocycles. The van der Waals surface area contributed by atoms with Crippen LogP contribution in [0.15, 0.2) is 236 Å². The first-order valence-electron chi connectivity index (χ1n) is 32.9. The van der Waals surface area contributed by atoms with E-state index in [1.807, 2.05) is 12.2 Å². The van der Waals surface area contributed by atoms with Gasteiger partial charge < -0.3 is 14.2 Å². The second-order valence-corrected chi connectivity index (χ2v) is 26.5. The average Bonchev–Trinajstić information content (AvgIpc) is 1.65. The van der Waals surface area contributed by atoms with Crippen LogP contribution in [0.3, 0.4) is 0 Å². The van der Waals surface area contributed by atoms with Gasteiger partial charge in [-0.1, -0.05) is 200 Å². The number of hydrogen-bond acceptors (Lipinski definition) is 2. The van der Waals surface area contributed by atoms with Gasteiger partial charge in [-0.25, -0.2) is 0 Å². The molecule has 0 bridgehead atoms. The zero-order valence-corrected chi connectivity index (χ0v) is 51.6. The van der Waals surface area contributed by atoms with Crippen LogP contribution in [-0.4, -0.2) is 11.2 Å². The maximum atomic E-state index is 6.17. The molecule has 0 radical (unpaired) electrons. The van der Waals surface area contributed by atoms with Gasteiger partial charge >= 0.3 is 0 Å². The molecule has 0 saturated carbocycles. The Bertz CT molecular complexity index is 3960. The summed E-state index contributed by atoms with van der Waals surface area (Å²) in [6, 6.07) is 52.3. The molecule has 0 fully saturated rings. The Morgan fingerprint density at radius 3 is 1.87 bits per heavy atom. The van der Waals surface area contributed by atoms with Crippen LogP contribution in [0.1, 0.15) is 183 Å². The molecule has 0 aliphatic heterocycles. The number of benzene rings is 6. The number of aromatic nitrogens is 1. The van der Waals surface area contributed by atoms with Gasteiger partial charge in [-0.05, 0) is 234 Å². The van der Waals surface area contributed by atoms with Crippen LogP contribution in [-0.2, 0) is 10.2 Å². The molecular formula is C83H88N2O. The number of anilines is 1. The zero-order chi connectivity index (χ0) is 58.6. The van der Waals surface area contributed by atoms with Gasteiger partial charge in [-0.15, -0.1) is 0 Å². The molecule has 3 nitrogen and oxygen atoms in total. The summed E-state index contributed by atoms with van der Waals surface area (Å²) < 4.78 is 8.68. The Kier molecular flexibility index (Phi) is 16.8. The lowest BCUT2D eigenvalue weighted by molar-refractivity contribution is 0.194. The summed E-state index contributed by atoms with van der Waals surface area (Å²) in [7, 11) is 0. The third-order valence-electron chi connectivity index (χ3n) is 20.4. The number of unbranched alkanes of at least 4 members (excludes halogenated alkanes) is 5. The molecular weight excluding hydrogens is 1040 g/mol. The van der Waals surface area contributed by atoms with Crippen molar-refractivity contribution in [2.45, 2.75) is 155 Å². The van der Waals surface area contributed by atoms with Gasteiger partial charge in [0, 0.05) is 45.4 Å². The van der Waals surface area contributed by atoms with Crippen LogP contribution >= 0.6 is 0 Å². The third kappa shape index (κ3) is 11.5. The van der Waals surface area contributed by atoms with E-state index < -0.39 is 0 Å². The first kappa shape index (κ1) is 57.2. The van der Waals surface area contributed by atoms with Crippen molar-refractivity contribution in [3.63, 3.8) is 0 Å². The number of ether oxygens (including phenoxy) is 1. The van der Waals surface area contributed by atoms with Crippen molar-refractivity contribution in [2.75, 3.05) is 11.5 Å². The van der Waals surface area contributed by atoms with Crippen LogP contribution in [0, 0.1) is 11.3 Å². The number of rotatable bonds is 20. The van der Waals surface area contributed by atoms with Crippen LogP contribution in [0.5, 0.6) is 0 Å². The van der Waals surface area contributed by atoms with Gasteiger partial charge in [0.25, 0.3) is 0 Å². The highest BCUT2D eigenvalue weighted by molar-refractivity contribution is 6.11. The highest BCUT2D eigenvalue weighted by Crippen LogP contribution is 2.56. The standard InChI is InChI=1S/C83H88N2O/c1-6-59-28-32-61(33-29-59)62-36-46-71(47-37-62)85-80-52-40-65(63-34-42-67(43-35-63)82(3,4)5)56-76(80)77-57-66(41-53-81(77)85)64-38-44-70(45-39-64)84(69-24-16-13-17-25-69)72-48-51-75-74-26-18-19-27-78(74)83(79(75)58-72,68-22-14-12-15-23-68)54-20-10-8-9-11-21-55-86-73-49-30-60(7-2)31-50-73/h6-7,12,14-15,18-19,22-24,26-28,30,32,34,36-38,40-41,44,46-49,51-53,56-58,67H,1-2,8-11,13,16-17,20-21,25,29,31,33,35,39,42-43,45,50,54-55H2,3-5H3. The minimum atomic E-state index is -0.235. The van der Waals surface area contributed by atoms with Crippen LogP contribution in [0.2, 0.25) is 0 Å². The molecule has 6 aliphatic carbocycles. The van der Waals surface area contributed by atoms with Crippen molar-refractivity contribution in [3.05, 3.63) is 269 Å². The second-order valence-electron chi connectivity index (χ2n) is 26.5. The maximum Gasteiger partial charge on any atom is 0.0963 e. The molecule has 7 aromatic rings. The quantitative estimate of drug-likeness (QED) is 0.0708.